The average molecular weight is 549 g/mol. The van der Waals surface area contributed by atoms with Crippen LogP contribution in [-0.4, -0.2) is 45.4 Å². The van der Waals surface area contributed by atoms with Crippen LogP contribution in [0.1, 0.15) is 18.5 Å². The van der Waals surface area contributed by atoms with E-state index in [0.717, 1.165) is 12.2 Å². The number of aromatic nitrogens is 3. The molecule has 0 spiro atoms. The quantitative estimate of drug-likeness (QED) is 0.226. The van der Waals surface area contributed by atoms with Crippen LogP contribution in [0.25, 0.3) is 10.9 Å². The van der Waals surface area contributed by atoms with Crippen molar-refractivity contribution in [3.63, 3.8) is 0 Å². The van der Waals surface area contributed by atoms with Crippen LogP contribution in [0.15, 0.2) is 73.2 Å². The zero-order valence-electron chi connectivity index (χ0n) is 20.7. The van der Waals surface area contributed by atoms with Gasteiger partial charge in [0.2, 0.25) is 5.91 Å². The number of hydrogen-bond acceptors (Lipinski definition) is 7. The Morgan fingerprint density at radius 3 is 2.76 bits per heavy atom. The van der Waals surface area contributed by atoms with Gasteiger partial charge in [0.15, 0.2) is 0 Å². The van der Waals surface area contributed by atoms with Gasteiger partial charge in [0.25, 0.3) is 0 Å². The average Bonchev–Trinajstić information content (AvgIpc) is 3.76. The number of hydrogen-bond donors (Lipinski definition) is 2. The second kappa shape index (κ2) is 11.8. The number of benzene rings is 2. The summed E-state index contributed by atoms with van der Waals surface area (Å²) in [4.78, 5) is 27.7. The highest BCUT2D eigenvalue weighted by molar-refractivity contribution is 6.39. The smallest absolute Gasteiger partial charge is 0.248 e. The minimum absolute atomic E-state index is 0.255. The number of ether oxygens (including phenoxy) is 1. The van der Waals surface area contributed by atoms with Crippen molar-refractivity contribution in [2.75, 3.05) is 24.2 Å². The molecule has 8 nitrogen and oxygen atoms in total. The van der Waals surface area contributed by atoms with Crippen molar-refractivity contribution in [3.8, 4) is 5.75 Å². The molecule has 194 valence electrons. The topological polar surface area (TPSA) is 92.3 Å². The van der Waals surface area contributed by atoms with Gasteiger partial charge >= 0.3 is 0 Å². The first kappa shape index (κ1) is 25.9. The van der Waals surface area contributed by atoms with E-state index < -0.39 is 0 Å². The van der Waals surface area contributed by atoms with E-state index in [2.05, 4.69) is 37.5 Å². The van der Waals surface area contributed by atoms with Gasteiger partial charge in [-0.2, -0.15) is 0 Å². The van der Waals surface area contributed by atoms with E-state index >= 15 is 0 Å². The molecular weight excluding hydrogens is 523 g/mol. The normalized spacial score (nSPS) is 13.3. The molecule has 2 heterocycles. The van der Waals surface area contributed by atoms with Crippen LogP contribution < -0.4 is 15.4 Å². The summed E-state index contributed by atoms with van der Waals surface area (Å²) < 4.78 is 5.81. The monoisotopic (exact) mass is 548 g/mol. The van der Waals surface area contributed by atoms with Gasteiger partial charge in [0, 0.05) is 30.5 Å². The molecule has 1 aliphatic carbocycles. The Labute approximate surface area is 230 Å². The van der Waals surface area contributed by atoms with Crippen LogP contribution in [0, 0.1) is 0 Å². The van der Waals surface area contributed by atoms with E-state index in [1.165, 1.54) is 25.2 Å². The number of anilines is 3. The summed E-state index contributed by atoms with van der Waals surface area (Å²) in [5.41, 5.74) is 2.59. The fourth-order valence-corrected chi connectivity index (χ4v) is 4.47. The molecule has 0 radical (unpaired) electrons. The van der Waals surface area contributed by atoms with Gasteiger partial charge in [0.1, 0.15) is 24.5 Å². The van der Waals surface area contributed by atoms with Crippen LogP contribution in [0.2, 0.25) is 10.0 Å². The summed E-state index contributed by atoms with van der Waals surface area (Å²) in [6.45, 7) is 1.03. The van der Waals surface area contributed by atoms with Gasteiger partial charge in [-0.3, -0.25) is 14.7 Å². The lowest BCUT2D eigenvalue weighted by Crippen LogP contribution is -2.20. The van der Waals surface area contributed by atoms with Crippen molar-refractivity contribution in [1.29, 1.82) is 0 Å². The standard InChI is InChI=1S/C28H26Cl2N6O2/c1-36(20-8-9-20)14-4-6-25(37)35-23-11-10-22-26(27(23)30)28(33-17-32-22)34-18-7-12-24(21(29)15-18)38-16-19-5-2-3-13-31-19/h2-7,10-13,15,17,20H,8-9,14,16H2,1H3,(H,35,37)(H,32,33,34)/b6-4+. The van der Waals surface area contributed by atoms with Crippen molar-refractivity contribution in [1.82, 2.24) is 19.9 Å². The van der Waals surface area contributed by atoms with Crippen molar-refractivity contribution in [2.45, 2.75) is 25.5 Å². The molecule has 2 N–H and O–H groups in total. The summed E-state index contributed by atoms with van der Waals surface area (Å²) >= 11 is 13.2. The second-order valence-electron chi connectivity index (χ2n) is 8.99. The van der Waals surface area contributed by atoms with E-state index in [4.69, 9.17) is 27.9 Å². The Morgan fingerprint density at radius 2 is 2.00 bits per heavy atom. The molecule has 0 atom stereocenters. The highest BCUT2D eigenvalue weighted by Crippen LogP contribution is 2.36. The molecule has 0 saturated heterocycles. The maximum Gasteiger partial charge on any atom is 0.248 e. The zero-order chi connectivity index (χ0) is 26.5. The number of carbonyl (C=O) groups is 1. The van der Waals surface area contributed by atoms with Crippen LogP contribution in [0.5, 0.6) is 5.75 Å². The van der Waals surface area contributed by atoms with Crippen molar-refractivity contribution < 1.29 is 9.53 Å². The molecule has 0 aliphatic heterocycles. The predicted molar refractivity (Wildman–Crippen MR) is 151 cm³/mol. The first-order valence-electron chi connectivity index (χ1n) is 12.2. The highest BCUT2D eigenvalue weighted by atomic mass is 35.5. The third-order valence-electron chi connectivity index (χ3n) is 6.13. The molecule has 2 aromatic carbocycles. The summed E-state index contributed by atoms with van der Waals surface area (Å²) in [6.07, 6.45) is 8.98. The summed E-state index contributed by atoms with van der Waals surface area (Å²) in [7, 11) is 2.06. The maximum absolute atomic E-state index is 12.5. The predicted octanol–water partition coefficient (Wildman–Crippen LogP) is 6.24. The number of nitrogens with one attached hydrogen (secondary N) is 2. The van der Waals surface area contributed by atoms with Crippen LogP contribution in [0.4, 0.5) is 17.2 Å². The Morgan fingerprint density at radius 1 is 1.13 bits per heavy atom. The Balaban J connectivity index is 1.30. The molecule has 5 rings (SSSR count). The zero-order valence-corrected chi connectivity index (χ0v) is 22.2. The molecule has 1 fully saturated rings. The summed E-state index contributed by atoms with van der Waals surface area (Å²) in [5, 5.41) is 7.46. The fraction of sp³-hybridized carbons (Fsp3) is 0.214. The summed E-state index contributed by atoms with van der Waals surface area (Å²) in [6, 6.07) is 15.1. The van der Waals surface area contributed by atoms with E-state index in [-0.39, 0.29) is 5.91 Å². The van der Waals surface area contributed by atoms with Crippen LogP contribution in [0.3, 0.4) is 0 Å². The molecule has 1 aliphatic rings. The minimum atomic E-state index is -0.255. The van der Waals surface area contributed by atoms with Gasteiger partial charge in [-0.15, -0.1) is 0 Å². The fourth-order valence-electron chi connectivity index (χ4n) is 3.94. The number of halogens is 2. The lowest BCUT2D eigenvalue weighted by atomic mass is 10.2. The number of carbonyl (C=O) groups excluding carboxylic acids is 1. The van der Waals surface area contributed by atoms with E-state index in [0.29, 0.717) is 56.5 Å². The molecule has 1 saturated carbocycles. The first-order chi connectivity index (χ1) is 18.5. The maximum atomic E-state index is 12.5. The molecule has 1 amide bonds. The Hall–Kier alpha value is -3.72. The molecule has 0 bridgehead atoms. The SMILES string of the molecule is CN(C/C=C/C(=O)Nc1ccc2ncnc(Nc3ccc(OCc4ccccn4)c(Cl)c3)c2c1Cl)C1CC1. The van der Waals surface area contributed by atoms with Crippen molar-refractivity contribution in [2.24, 2.45) is 0 Å². The van der Waals surface area contributed by atoms with Crippen molar-refractivity contribution >= 4 is 57.2 Å². The van der Waals surface area contributed by atoms with E-state index in [9.17, 15) is 4.79 Å². The third kappa shape index (κ3) is 6.39. The lowest BCUT2D eigenvalue weighted by Gasteiger charge is -2.14. The molecule has 2 aromatic heterocycles. The van der Waals surface area contributed by atoms with Gasteiger partial charge < -0.3 is 15.4 Å². The van der Waals surface area contributed by atoms with Crippen LogP contribution in [-0.2, 0) is 11.4 Å². The van der Waals surface area contributed by atoms with Gasteiger partial charge in [-0.1, -0.05) is 35.3 Å². The lowest BCUT2D eigenvalue weighted by molar-refractivity contribution is -0.111. The number of pyridine rings is 1. The van der Waals surface area contributed by atoms with Gasteiger partial charge in [-0.25, -0.2) is 9.97 Å². The number of rotatable bonds is 10. The molecular formula is C28H26Cl2N6O2. The summed E-state index contributed by atoms with van der Waals surface area (Å²) in [5.74, 6) is 0.764. The highest BCUT2D eigenvalue weighted by Gasteiger charge is 2.24. The second-order valence-corrected chi connectivity index (χ2v) is 9.77. The van der Waals surface area contributed by atoms with Crippen molar-refractivity contribution in [3.05, 3.63) is 88.9 Å². The first-order valence-corrected chi connectivity index (χ1v) is 12.9. The number of fused-ring (bicyclic) bond motifs is 1. The van der Waals surface area contributed by atoms with Gasteiger partial charge in [-0.05, 0) is 62.4 Å². The van der Waals surface area contributed by atoms with Crippen LogP contribution >= 0.6 is 23.2 Å². The largest absolute Gasteiger partial charge is 0.486 e. The molecule has 0 unspecified atom stereocenters. The van der Waals surface area contributed by atoms with E-state index in [1.807, 2.05) is 30.3 Å². The third-order valence-corrected chi connectivity index (χ3v) is 6.82. The molecule has 4 aromatic rings. The van der Waals surface area contributed by atoms with Gasteiger partial charge in [0.05, 0.1) is 32.3 Å². The van der Waals surface area contributed by atoms with E-state index in [1.54, 1.807) is 30.5 Å². The Bertz CT molecular complexity index is 1480. The number of amides is 1. The number of likely N-dealkylation sites (N-methyl/N-ethyl adjacent to an activating group) is 1. The molecule has 10 heteroatoms. The molecule has 38 heavy (non-hydrogen) atoms. The number of nitrogens with zero attached hydrogens (tertiary/aromatic N) is 4. The Kier molecular flexibility index (Phi) is 8.03. The minimum Gasteiger partial charge on any atom is -0.486 e.